The summed E-state index contributed by atoms with van der Waals surface area (Å²) < 4.78 is 28.7. The Hall–Kier alpha value is -1.99. The van der Waals surface area contributed by atoms with Crippen LogP contribution in [0.25, 0.3) is 0 Å². The smallest absolute Gasteiger partial charge is 0.262 e. The van der Waals surface area contributed by atoms with E-state index in [0.717, 1.165) is 21.7 Å². The number of thioether (sulfide) groups is 1. The van der Waals surface area contributed by atoms with Gasteiger partial charge < -0.3 is 4.90 Å². The maximum atomic E-state index is 13.0. The lowest BCUT2D eigenvalue weighted by molar-refractivity contribution is -0.117. The van der Waals surface area contributed by atoms with Gasteiger partial charge in [-0.15, -0.1) is 11.8 Å². The third-order valence-electron chi connectivity index (χ3n) is 4.63. The summed E-state index contributed by atoms with van der Waals surface area (Å²) in [7, 11) is -3.77. The molecule has 7 heteroatoms. The average molecular weight is 389 g/mol. The van der Waals surface area contributed by atoms with Gasteiger partial charge in [-0.1, -0.05) is 13.0 Å². The average Bonchev–Trinajstić information content (AvgIpc) is 2.83. The number of benzene rings is 2. The number of hydrogen-bond acceptors (Lipinski definition) is 4. The van der Waals surface area contributed by atoms with Crippen molar-refractivity contribution in [2.45, 2.75) is 42.2 Å². The van der Waals surface area contributed by atoms with E-state index in [4.69, 9.17) is 0 Å². The highest BCUT2D eigenvalue weighted by molar-refractivity contribution is 8.00. The Kier molecular flexibility index (Phi) is 4.04. The molecule has 0 spiro atoms. The van der Waals surface area contributed by atoms with E-state index < -0.39 is 10.0 Å². The molecule has 2 aromatic carbocycles. The lowest BCUT2D eigenvalue weighted by Crippen LogP contribution is -2.35. The van der Waals surface area contributed by atoms with E-state index in [2.05, 4.69) is 11.6 Å². The predicted molar refractivity (Wildman–Crippen MR) is 105 cm³/mol. The lowest BCUT2D eigenvalue weighted by Gasteiger charge is -2.29. The van der Waals surface area contributed by atoms with Crippen LogP contribution in [0.2, 0.25) is 0 Å². The topological polar surface area (TPSA) is 66.5 Å². The second-order valence-corrected chi connectivity index (χ2v) is 10.1. The minimum atomic E-state index is -3.77. The van der Waals surface area contributed by atoms with E-state index in [1.165, 1.54) is 0 Å². The van der Waals surface area contributed by atoms with Crippen molar-refractivity contribution in [2.24, 2.45) is 0 Å². The molecule has 1 N–H and O–H groups in total. The minimum absolute atomic E-state index is 0.0255. The standard InChI is InChI=1S/C19H20N2O3S2/c1-11-6-12(2)8-14(7-11)20-26(23,24)17-5-4-16-19-15(17)9-18(22)21(19)10-13(3)25-16/h4-8,13,20H,9-10H2,1-3H3. The second kappa shape index (κ2) is 6.03. The molecule has 0 aliphatic carbocycles. The molecule has 0 saturated carbocycles. The van der Waals surface area contributed by atoms with E-state index >= 15 is 0 Å². The number of carbonyl (C=O) groups excluding carboxylic acids is 1. The molecule has 2 heterocycles. The van der Waals surface area contributed by atoms with Gasteiger partial charge in [-0.2, -0.15) is 0 Å². The van der Waals surface area contributed by atoms with Gasteiger partial charge in [0.05, 0.1) is 17.0 Å². The Morgan fingerprint density at radius 1 is 1.15 bits per heavy atom. The zero-order chi connectivity index (χ0) is 18.6. The number of aryl methyl sites for hydroxylation is 2. The minimum Gasteiger partial charge on any atom is -0.310 e. The van der Waals surface area contributed by atoms with Crippen LogP contribution in [-0.2, 0) is 21.2 Å². The normalized spacial score (nSPS) is 18.8. The Balaban J connectivity index is 1.78. The van der Waals surface area contributed by atoms with Crippen molar-refractivity contribution < 1.29 is 13.2 Å². The number of rotatable bonds is 3. The highest BCUT2D eigenvalue weighted by Crippen LogP contribution is 2.46. The van der Waals surface area contributed by atoms with Crippen molar-refractivity contribution in [3.8, 4) is 0 Å². The van der Waals surface area contributed by atoms with Crippen LogP contribution in [0.1, 0.15) is 23.6 Å². The molecule has 1 atom stereocenters. The molecule has 0 radical (unpaired) electrons. The lowest BCUT2D eigenvalue weighted by atomic mass is 10.1. The molecule has 4 rings (SSSR count). The van der Waals surface area contributed by atoms with Crippen molar-refractivity contribution in [1.82, 2.24) is 0 Å². The Morgan fingerprint density at radius 3 is 2.54 bits per heavy atom. The van der Waals surface area contributed by atoms with Crippen LogP contribution in [0.3, 0.4) is 0 Å². The van der Waals surface area contributed by atoms with E-state index in [1.54, 1.807) is 34.9 Å². The number of sulfonamides is 1. The summed E-state index contributed by atoms with van der Waals surface area (Å²) >= 11 is 1.69. The maximum absolute atomic E-state index is 13.0. The van der Waals surface area contributed by atoms with Crippen LogP contribution >= 0.6 is 11.8 Å². The van der Waals surface area contributed by atoms with Gasteiger partial charge >= 0.3 is 0 Å². The first-order valence-corrected chi connectivity index (χ1v) is 10.8. The first-order chi connectivity index (χ1) is 12.2. The maximum Gasteiger partial charge on any atom is 0.262 e. The molecular weight excluding hydrogens is 368 g/mol. The molecule has 2 aliphatic heterocycles. The summed E-state index contributed by atoms with van der Waals surface area (Å²) in [5.74, 6) is -0.0255. The molecule has 136 valence electrons. The molecule has 0 saturated heterocycles. The van der Waals surface area contributed by atoms with E-state index in [1.807, 2.05) is 26.0 Å². The molecule has 2 aliphatic rings. The highest BCUT2D eigenvalue weighted by atomic mass is 32.2. The number of amides is 1. The summed E-state index contributed by atoms with van der Waals surface area (Å²) in [6, 6.07) is 9.04. The van der Waals surface area contributed by atoms with Gasteiger partial charge in [0.1, 0.15) is 0 Å². The van der Waals surface area contributed by atoms with Crippen LogP contribution in [0.15, 0.2) is 40.1 Å². The zero-order valence-electron chi connectivity index (χ0n) is 14.9. The predicted octanol–water partition coefficient (Wildman–Crippen LogP) is 3.49. The molecule has 5 nitrogen and oxygen atoms in total. The quantitative estimate of drug-likeness (QED) is 0.874. The Morgan fingerprint density at radius 2 is 1.85 bits per heavy atom. The van der Waals surface area contributed by atoms with Gasteiger partial charge in [-0.05, 0) is 49.2 Å². The van der Waals surface area contributed by atoms with Crippen molar-refractivity contribution in [3.63, 3.8) is 0 Å². The van der Waals surface area contributed by atoms with Crippen molar-refractivity contribution in [1.29, 1.82) is 0 Å². The highest BCUT2D eigenvalue weighted by Gasteiger charge is 2.38. The second-order valence-electron chi connectivity index (χ2n) is 6.98. The monoisotopic (exact) mass is 388 g/mol. The third-order valence-corrected chi connectivity index (χ3v) is 7.23. The summed E-state index contributed by atoms with van der Waals surface area (Å²) in [5, 5.41) is 0.299. The van der Waals surface area contributed by atoms with Crippen molar-refractivity contribution >= 4 is 39.1 Å². The van der Waals surface area contributed by atoms with Gasteiger partial charge in [0.2, 0.25) is 5.91 Å². The zero-order valence-corrected chi connectivity index (χ0v) is 16.5. The van der Waals surface area contributed by atoms with Crippen molar-refractivity contribution in [2.75, 3.05) is 16.2 Å². The van der Waals surface area contributed by atoms with Crippen molar-refractivity contribution in [3.05, 3.63) is 47.0 Å². The SMILES string of the molecule is Cc1cc(C)cc(NS(=O)(=O)c2ccc3c4c2CC(=O)N4CC(C)S3)c1. The van der Waals surface area contributed by atoms with Crippen LogP contribution in [0.4, 0.5) is 11.4 Å². The van der Waals surface area contributed by atoms with E-state index in [0.29, 0.717) is 23.0 Å². The molecule has 26 heavy (non-hydrogen) atoms. The van der Waals surface area contributed by atoms with Crippen LogP contribution < -0.4 is 9.62 Å². The van der Waals surface area contributed by atoms with Gasteiger partial charge in [0.25, 0.3) is 10.0 Å². The van der Waals surface area contributed by atoms with Crippen LogP contribution in [0.5, 0.6) is 0 Å². The number of nitrogens with one attached hydrogen (secondary N) is 1. The third kappa shape index (κ3) is 2.89. The summed E-state index contributed by atoms with van der Waals surface area (Å²) in [6.07, 6.45) is 0.138. The van der Waals surface area contributed by atoms with Gasteiger partial charge in [0.15, 0.2) is 0 Å². The Labute approximate surface area is 157 Å². The fourth-order valence-corrected chi connectivity index (χ4v) is 6.16. The molecule has 0 bridgehead atoms. The fourth-order valence-electron chi connectivity index (χ4n) is 3.73. The van der Waals surface area contributed by atoms with E-state index in [-0.39, 0.29) is 17.2 Å². The van der Waals surface area contributed by atoms with Gasteiger partial charge in [-0.3, -0.25) is 9.52 Å². The molecular formula is C19H20N2O3S2. The van der Waals surface area contributed by atoms with Crippen LogP contribution in [-0.4, -0.2) is 26.1 Å². The number of anilines is 2. The van der Waals surface area contributed by atoms with Gasteiger partial charge in [0, 0.05) is 27.9 Å². The first kappa shape index (κ1) is 17.4. The molecule has 1 amide bonds. The Bertz CT molecular complexity index is 1010. The number of hydrogen-bond donors (Lipinski definition) is 1. The molecule has 0 fully saturated rings. The first-order valence-electron chi connectivity index (χ1n) is 8.48. The molecule has 1 unspecified atom stereocenters. The summed E-state index contributed by atoms with van der Waals surface area (Å²) in [6.45, 7) is 6.55. The molecule has 0 aromatic heterocycles. The fraction of sp³-hybridized carbons (Fsp3) is 0.316. The summed E-state index contributed by atoms with van der Waals surface area (Å²) in [4.78, 5) is 15.3. The number of carbonyl (C=O) groups is 1. The molecule has 2 aromatic rings. The van der Waals surface area contributed by atoms with E-state index in [9.17, 15) is 13.2 Å². The van der Waals surface area contributed by atoms with Gasteiger partial charge in [-0.25, -0.2) is 8.42 Å². The summed E-state index contributed by atoms with van der Waals surface area (Å²) in [5.41, 5.74) is 3.91. The largest absolute Gasteiger partial charge is 0.310 e. The number of nitrogens with zero attached hydrogens (tertiary/aromatic N) is 1. The van der Waals surface area contributed by atoms with Crippen LogP contribution in [0, 0.1) is 13.8 Å².